The lowest BCUT2D eigenvalue weighted by Gasteiger charge is -2.09. The number of non-ortho nitro benzene ring substituents is 1. The van der Waals surface area contributed by atoms with Gasteiger partial charge in [0.2, 0.25) is 0 Å². The fourth-order valence-corrected chi connectivity index (χ4v) is 1.24. The Morgan fingerprint density at radius 2 is 2.12 bits per heavy atom. The van der Waals surface area contributed by atoms with Gasteiger partial charge in [-0.25, -0.2) is 0 Å². The standard InChI is InChI=1S/C11H13N3O2/c1-9(6-7-12)13-8-10-2-4-11(5-3-10)14(15)16/h2-5,9,13H,6,8H2,1H3. The van der Waals surface area contributed by atoms with E-state index in [0.717, 1.165) is 5.56 Å². The van der Waals surface area contributed by atoms with Crippen LogP contribution in [-0.2, 0) is 6.54 Å². The first-order valence-electron chi connectivity index (χ1n) is 4.97. The molecular formula is C11H13N3O2. The molecule has 0 saturated carbocycles. The fraction of sp³-hybridized carbons (Fsp3) is 0.364. The van der Waals surface area contributed by atoms with Crippen LogP contribution in [0, 0.1) is 21.4 Å². The van der Waals surface area contributed by atoms with Crippen LogP contribution in [0.1, 0.15) is 18.9 Å². The van der Waals surface area contributed by atoms with Crippen molar-refractivity contribution in [3.8, 4) is 6.07 Å². The second kappa shape index (κ2) is 5.83. The maximum atomic E-state index is 10.4. The van der Waals surface area contributed by atoms with E-state index in [1.807, 2.05) is 6.92 Å². The zero-order chi connectivity index (χ0) is 12.0. The zero-order valence-corrected chi connectivity index (χ0v) is 9.01. The van der Waals surface area contributed by atoms with Gasteiger partial charge in [-0.05, 0) is 12.5 Å². The molecule has 0 radical (unpaired) electrons. The molecule has 1 N–H and O–H groups in total. The van der Waals surface area contributed by atoms with Gasteiger partial charge in [0.15, 0.2) is 0 Å². The van der Waals surface area contributed by atoms with E-state index >= 15 is 0 Å². The van der Waals surface area contributed by atoms with Crippen LogP contribution in [0.25, 0.3) is 0 Å². The summed E-state index contributed by atoms with van der Waals surface area (Å²) in [5, 5.41) is 22.0. The molecule has 0 saturated heterocycles. The molecule has 0 aliphatic rings. The van der Waals surface area contributed by atoms with Crippen LogP contribution in [0.15, 0.2) is 24.3 Å². The van der Waals surface area contributed by atoms with Gasteiger partial charge in [-0.3, -0.25) is 10.1 Å². The molecule has 1 unspecified atom stereocenters. The van der Waals surface area contributed by atoms with Crippen LogP contribution in [-0.4, -0.2) is 11.0 Å². The predicted molar refractivity (Wildman–Crippen MR) is 59.6 cm³/mol. The fourth-order valence-electron chi connectivity index (χ4n) is 1.24. The number of nitrogens with zero attached hydrogens (tertiary/aromatic N) is 2. The monoisotopic (exact) mass is 219 g/mol. The second-order valence-electron chi connectivity index (χ2n) is 3.57. The highest BCUT2D eigenvalue weighted by Crippen LogP contribution is 2.11. The smallest absolute Gasteiger partial charge is 0.269 e. The topological polar surface area (TPSA) is 79.0 Å². The highest BCUT2D eigenvalue weighted by molar-refractivity contribution is 5.32. The molecule has 1 rings (SSSR count). The van der Waals surface area contributed by atoms with Crippen molar-refractivity contribution in [2.45, 2.75) is 25.9 Å². The SMILES string of the molecule is CC(CC#N)NCc1ccc([N+](=O)[O-])cc1. The van der Waals surface area contributed by atoms with Gasteiger partial charge in [-0.15, -0.1) is 0 Å². The summed E-state index contributed by atoms with van der Waals surface area (Å²) in [4.78, 5) is 10.00. The number of rotatable bonds is 5. The summed E-state index contributed by atoms with van der Waals surface area (Å²) in [6.07, 6.45) is 0.451. The summed E-state index contributed by atoms with van der Waals surface area (Å²) in [5.41, 5.74) is 1.06. The van der Waals surface area contributed by atoms with E-state index < -0.39 is 4.92 Å². The van der Waals surface area contributed by atoms with Crippen molar-refractivity contribution < 1.29 is 4.92 Å². The molecule has 1 aromatic carbocycles. The lowest BCUT2D eigenvalue weighted by atomic mass is 10.2. The Morgan fingerprint density at radius 1 is 1.50 bits per heavy atom. The summed E-state index contributed by atoms with van der Waals surface area (Å²) in [5.74, 6) is 0. The minimum Gasteiger partial charge on any atom is -0.309 e. The summed E-state index contributed by atoms with van der Waals surface area (Å²) in [6.45, 7) is 2.54. The average Bonchev–Trinajstić information content (AvgIpc) is 2.27. The Bertz CT molecular complexity index is 395. The van der Waals surface area contributed by atoms with Crippen LogP contribution in [0.4, 0.5) is 5.69 Å². The second-order valence-corrected chi connectivity index (χ2v) is 3.57. The van der Waals surface area contributed by atoms with Gasteiger partial charge in [0, 0.05) is 24.7 Å². The van der Waals surface area contributed by atoms with E-state index in [2.05, 4.69) is 11.4 Å². The Labute approximate surface area is 93.9 Å². The molecule has 0 heterocycles. The highest BCUT2D eigenvalue weighted by atomic mass is 16.6. The van der Waals surface area contributed by atoms with Crippen molar-refractivity contribution in [3.63, 3.8) is 0 Å². The number of nitrogens with one attached hydrogen (secondary N) is 1. The predicted octanol–water partition coefficient (Wildman–Crippen LogP) is 1.99. The van der Waals surface area contributed by atoms with Crippen LogP contribution in [0.2, 0.25) is 0 Å². The van der Waals surface area contributed by atoms with Gasteiger partial charge in [0.1, 0.15) is 0 Å². The van der Waals surface area contributed by atoms with Crippen LogP contribution >= 0.6 is 0 Å². The van der Waals surface area contributed by atoms with E-state index in [9.17, 15) is 10.1 Å². The van der Waals surface area contributed by atoms with Gasteiger partial charge in [0.05, 0.1) is 17.4 Å². The van der Waals surface area contributed by atoms with Crippen molar-refractivity contribution in [1.29, 1.82) is 5.26 Å². The van der Waals surface area contributed by atoms with Crippen LogP contribution < -0.4 is 5.32 Å². The molecule has 5 heteroatoms. The quantitative estimate of drug-likeness (QED) is 0.606. The van der Waals surface area contributed by atoms with E-state index in [0.29, 0.717) is 13.0 Å². The number of benzene rings is 1. The van der Waals surface area contributed by atoms with Gasteiger partial charge < -0.3 is 5.32 Å². The summed E-state index contributed by atoms with van der Waals surface area (Å²) < 4.78 is 0. The molecule has 0 amide bonds. The molecule has 5 nitrogen and oxygen atoms in total. The van der Waals surface area contributed by atoms with Gasteiger partial charge in [-0.1, -0.05) is 12.1 Å². The Morgan fingerprint density at radius 3 is 2.62 bits per heavy atom. The maximum Gasteiger partial charge on any atom is 0.269 e. The maximum absolute atomic E-state index is 10.4. The van der Waals surface area contributed by atoms with Crippen LogP contribution in [0.5, 0.6) is 0 Å². The minimum atomic E-state index is -0.421. The normalized spacial score (nSPS) is 11.8. The number of nitro groups is 1. The van der Waals surface area contributed by atoms with E-state index in [1.165, 1.54) is 12.1 Å². The average molecular weight is 219 g/mol. The summed E-state index contributed by atoms with van der Waals surface area (Å²) in [6, 6.07) is 8.58. The molecule has 0 aliphatic heterocycles. The van der Waals surface area contributed by atoms with Crippen molar-refractivity contribution in [3.05, 3.63) is 39.9 Å². The lowest BCUT2D eigenvalue weighted by Crippen LogP contribution is -2.24. The zero-order valence-electron chi connectivity index (χ0n) is 9.01. The molecule has 0 fully saturated rings. The third kappa shape index (κ3) is 3.67. The minimum absolute atomic E-state index is 0.0915. The molecule has 0 aromatic heterocycles. The molecule has 0 aliphatic carbocycles. The number of nitro benzene ring substituents is 1. The Kier molecular flexibility index (Phi) is 4.42. The largest absolute Gasteiger partial charge is 0.309 e. The van der Waals surface area contributed by atoms with Crippen molar-refractivity contribution >= 4 is 5.69 Å². The highest BCUT2D eigenvalue weighted by Gasteiger charge is 2.04. The number of hydrogen-bond donors (Lipinski definition) is 1. The van der Waals surface area contributed by atoms with Crippen molar-refractivity contribution in [1.82, 2.24) is 5.32 Å². The first kappa shape index (κ1) is 12.1. The first-order valence-corrected chi connectivity index (χ1v) is 4.97. The first-order chi connectivity index (χ1) is 7.63. The number of nitriles is 1. The summed E-state index contributed by atoms with van der Waals surface area (Å²) >= 11 is 0. The molecule has 84 valence electrons. The Balaban J connectivity index is 2.50. The molecule has 1 aromatic rings. The van der Waals surface area contributed by atoms with Gasteiger partial charge in [-0.2, -0.15) is 5.26 Å². The van der Waals surface area contributed by atoms with Gasteiger partial charge >= 0.3 is 0 Å². The molecule has 0 bridgehead atoms. The van der Waals surface area contributed by atoms with E-state index in [4.69, 9.17) is 5.26 Å². The molecule has 0 spiro atoms. The van der Waals surface area contributed by atoms with E-state index in [-0.39, 0.29) is 11.7 Å². The molecular weight excluding hydrogens is 206 g/mol. The summed E-state index contributed by atoms with van der Waals surface area (Å²) in [7, 11) is 0. The third-order valence-corrected chi connectivity index (χ3v) is 2.20. The lowest BCUT2D eigenvalue weighted by molar-refractivity contribution is -0.384. The Hall–Kier alpha value is -1.93. The third-order valence-electron chi connectivity index (χ3n) is 2.20. The molecule has 1 atom stereocenters. The van der Waals surface area contributed by atoms with Crippen molar-refractivity contribution in [2.24, 2.45) is 0 Å². The van der Waals surface area contributed by atoms with Crippen molar-refractivity contribution in [2.75, 3.05) is 0 Å². The van der Waals surface area contributed by atoms with E-state index in [1.54, 1.807) is 12.1 Å². The number of hydrogen-bond acceptors (Lipinski definition) is 4. The van der Waals surface area contributed by atoms with Crippen LogP contribution in [0.3, 0.4) is 0 Å². The molecule has 16 heavy (non-hydrogen) atoms. The van der Waals surface area contributed by atoms with Gasteiger partial charge in [0.25, 0.3) is 5.69 Å².